The first-order valence-electron chi connectivity index (χ1n) is 7.87. The first-order valence-corrected chi connectivity index (χ1v) is 7.87. The van der Waals surface area contributed by atoms with Crippen molar-refractivity contribution in [2.45, 2.75) is 31.6 Å². The van der Waals surface area contributed by atoms with Crippen molar-refractivity contribution in [3.8, 4) is 0 Å². The van der Waals surface area contributed by atoms with Gasteiger partial charge in [0.2, 0.25) is 5.91 Å². The van der Waals surface area contributed by atoms with Crippen molar-refractivity contribution in [2.75, 3.05) is 38.0 Å². The van der Waals surface area contributed by atoms with E-state index in [0.717, 1.165) is 63.5 Å². The van der Waals surface area contributed by atoms with Gasteiger partial charge in [0, 0.05) is 32.0 Å². The second-order valence-corrected chi connectivity index (χ2v) is 5.76. The number of carbonyl (C=O) groups is 1. The van der Waals surface area contributed by atoms with Gasteiger partial charge in [-0.25, -0.2) is 4.98 Å². The van der Waals surface area contributed by atoms with Crippen LogP contribution in [0, 0.1) is 0 Å². The summed E-state index contributed by atoms with van der Waals surface area (Å²) < 4.78 is 0. The van der Waals surface area contributed by atoms with Crippen LogP contribution in [0.5, 0.6) is 0 Å². The Kier molecular flexibility index (Phi) is 4.65. The lowest BCUT2D eigenvalue weighted by molar-refractivity contribution is -0.127. The molecule has 114 valence electrons. The number of rotatable bonds is 5. The second kappa shape index (κ2) is 6.85. The molecule has 0 aliphatic carbocycles. The van der Waals surface area contributed by atoms with Crippen LogP contribution in [0.2, 0.25) is 0 Å². The fourth-order valence-corrected chi connectivity index (χ4v) is 3.02. The Labute approximate surface area is 125 Å². The van der Waals surface area contributed by atoms with Crippen molar-refractivity contribution in [2.24, 2.45) is 0 Å². The summed E-state index contributed by atoms with van der Waals surface area (Å²) in [6.07, 6.45) is 7.66. The summed E-state index contributed by atoms with van der Waals surface area (Å²) in [4.78, 5) is 22.4. The van der Waals surface area contributed by atoms with E-state index in [2.05, 4.69) is 20.6 Å². The van der Waals surface area contributed by atoms with E-state index in [-0.39, 0.29) is 5.91 Å². The minimum absolute atomic E-state index is 0.268. The van der Waals surface area contributed by atoms with Gasteiger partial charge in [0.05, 0.1) is 18.1 Å². The molecule has 6 nitrogen and oxygen atoms in total. The summed E-state index contributed by atoms with van der Waals surface area (Å²) in [6, 6.07) is 0. The lowest BCUT2D eigenvalue weighted by Gasteiger charge is -2.21. The van der Waals surface area contributed by atoms with E-state index in [9.17, 15) is 4.79 Å². The zero-order chi connectivity index (χ0) is 14.5. The molecule has 1 aromatic heterocycles. The first-order chi connectivity index (χ1) is 10.3. The van der Waals surface area contributed by atoms with Crippen LogP contribution in [0.3, 0.4) is 0 Å². The highest BCUT2D eigenvalue weighted by atomic mass is 16.2. The number of hydrogen-bond donors (Lipinski definition) is 2. The SMILES string of the molecule is O=C1CCCN1CCNc1cnc(C2CCNCC2)cn1. The van der Waals surface area contributed by atoms with Gasteiger partial charge in [-0.3, -0.25) is 9.78 Å². The molecule has 0 spiro atoms. The molecule has 2 aliphatic heterocycles. The monoisotopic (exact) mass is 289 g/mol. The molecule has 0 bridgehead atoms. The summed E-state index contributed by atoms with van der Waals surface area (Å²) >= 11 is 0. The van der Waals surface area contributed by atoms with Crippen molar-refractivity contribution >= 4 is 11.7 Å². The number of nitrogens with one attached hydrogen (secondary N) is 2. The third-order valence-corrected chi connectivity index (χ3v) is 4.29. The van der Waals surface area contributed by atoms with Crippen molar-refractivity contribution in [3.05, 3.63) is 18.1 Å². The highest BCUT2D eigenvalue weighted by molar-refractivity contribution is 5.78. The molecule has 3 rings (SSSR count). The molecule has 1 aromatic rings. The number of likely N-dealkylation sites (tertiary alicyclic amines) is 1. The normalized spacial score (nSPS) is 20.0. The lowest BCUT2D eigenvalue weighted by atomic mass is 9.95. The van der Waals surface area contributed by atoms with Crippen molar-refractivity contribution in [1.82, 2.24) is 20.2 Å². The summed E-state index contributed by atoms with van der Waals surface area (Å²) in [6.45, 7) is 4.50. The van der Waals surface area contributed by atoms with Crippen LogP contribution in [0.25, 0.3) is 0 Å². The molecule has 21 heavy (non-hydrogen) atoms. The predicted molar refractivity (Wildman–Crippen MR) is 81.2 cm³/mol. The number of aromatic nitrogens is 2. The molecule has 0 unspecified atom stereocenters. The van der Waals surface area contributed by atoms with Crippen molar-refractivity contribution in [1.29, 1.82) is 0 Å². The van der Waals surface area contributed by atoms with Gasteiger partial charge in [-0.1, -0.05) is 0 Å². The van der Waals surface area contributed by atoms with E-state index in [4.69, 9.17) is 0 Å². The number of piperidine rings is 1. The number of amides is 1. The molecule has 0 atom stereocenters. The van der Waals surface area contributed by atoms with Crippen molar-refractivity contribution in [3.63, 3.8) is 0 Å². The van der Waals surface area contributed by atoms with E-state index in [0.29, 0.717) is 12.3 Å². The second-order valence-electron chi connectivity index (χ2n) is 5.76. The van der Waals surface area contributed by atoms with Crippen LogP contribution in [0.4, 0.5) is 5.82 Å². The average molecular weight is 289 g/mol. The zero-order valence-electron chi connectivity index (χ0n) is 12.3. The molecular weight excluding hydrogens is 266 g/mol. The fraction of sp³-hybridized carbons (Fsp3) is 0.667. The topological polar surface area (TPSA) is 70.2 Å². The van der Waals surface area contributed by atoms with E-state index in [1.165, 1.54) is 0 Å². The average Bonchev–Trinajstić information content (AvgIpc) is 2.94. The Morgan fingerprint density at radius 1 is 1.29 bits per heavy atom. The molecule has 0 aromatic carbocycles. The summed E-state index contributed by atoms with van der Waals surface area (Å²) in [5.41, 5.74) is 1.09. The number of anilines is 1. The quantitative estimate of drug-likeness (QED) is 0.845. The Morgan fingerprint density at radius 2 is 2.14 bits per heavy atom. The predicted octanol–water partition coefficient (Wildman–Crippen LogP) is 0.978. The third kappa shape index (κ3) is 3.69. The van der Waals surface area contributed by atoms with Crippen molar-refractivity contribution < 1.29 is 4.79 Å². The van der Waals surface area contributed by atoms with Gasteiger partial charge in [0.25, 0.3) is 0 Å². The molecule has 6 heteroatoms. The Morgan fingerprint density at radius 3 is 2.81 bits per heavy atom. The van der Waals surface area contributed by atoms with Crippen LogP contribution in [0.15, 0.2) is 12.4 Å². The van der Waals surface area contributed by atoms with Crippen LogP contribution < -0.4 is 10.6 Å². The highest BCUT2D eigenvalue weighted by Crippen LogP contribution is 2.22. The standard InChI is InChI=1S/C15H23N5O/c21-15-2-1-8-20(15)9-7-17-14-11-18-13(10-19-14)12-3-5-16-6-4-12/h10-12,16H,1-9H2,(H,17,19). The molecule has 0 saturated carbocycles. The van der Waals surface area contributed by atoms with Gasteiger partial charge in [0.1, 0.15) is 5.82 Å². The number of hydrogen-bond acceptors (Lipinski definition) is 5. The molecule has 0 radical (unpaired) electrons. The summed E-state index contributed by atoms with van der Waals surface area (Å²) in [5.74, 6) is 1.60. The summed E-state index contributed by atoms with van der Waals surface area (Å²) in [7, 11) is 0. The summed E-state index contributed by atoms with van der Waals surface area (Å²) in [5, 5.41) is 6.60. The molecule has 2 N–H and O–H groups in total. The molecule has 2 fully saturated rings. The lowest BCUT2D eigenvalue weighted by Crippen LogP contribution is -2.30. The largest absolute Gasteiger partial charge is 0.367 e. The minimum atomic E-state index is 0.268. The molecule has 3 heterocycles. The maximum atomic E-state index is 11.5. The van der Waals surface area contributed by atoms with Gasteiger partial charge in [-0.05, 0) is 32.4 Å². The van der Waals surface area contributed by atoms with E-state index >= 15 is 0 Å². The molecule has 2 saturated heterocycles. The zero-order valence-corrected chi connectivity index (χ0v) is 12.3. The van der Waals surface area contributed by atoms with Crippen LogP contribution in [-0.4, -0.2) is 53.5 Å². The van der Waals surface area contributed by atoms with Gasteiger partial charge in [-0.2, -0.15) is 0 Å². The molecule has 2 aliphatic rings. The van der Waals surface area contributed by atoms with E-state index in [1.54, 1.807) is 0 Å². The van der Waals surface area contributed by atoms with E-state index in [1.807, 2.05) is 17.3 Å². The smallest absolute Gasteiger partial charge is 0.222 e. The minimum Gasteiger partial charge on any atom is -0.367 e. The molecular formula is C15H23N5O. The Balaban J connectivity index is 1.46. The maximum Gasteiger partial charge on any atom is 0.222 e. The Bertz CT molecular complexity index is 469. The number of carbonyl (C=O) groups excluding carboxylic acids is 1. The van der Waals surface area contributed by atoms with Gasteiger partial charge >= 0.3 is 0 Å². The van der Waals surface area contributed by atoms with Crippen LogP contribution >= 0.6 is 0 Å². The highest BCUT2D eigenvalue weighted by Gasteiger charge is 2.19. The fourth-order valence-electron chi connectivity index (χ4n) is 3.02. The van der Waals surface area contributed by atoms with Crippen LogP contribution in [-0.2, 0) is 4.79 Å². The van der Waals surface area contributed by atoms with Gasteiger partial charge in [0.15, 0.2) is 0 Å². The van der Waals surface area contributed by atoms with Crippen LogP contribution in [0.1, 0.15) is 37.3 Å². The number of nitrogens with zero attached hydrogens (tertiary/aromatic N) is 3. The first kappa shape index (κ1) is 14.3. The Hall–Kier alpha value is -1.69. The van der Waals surface area contributed by atoms with E-state index < -0.39 is 0 Å². The van der Waals surface area contributed by atoms with Gasteiger partial charge in [-0.15, -0.1) is 0 Å². The molecule has 1 amide bonds. The maximum absolute atomic E-state index is 11.5. The van der Waals surface area contributed by atoms with Gasteiger partial charge < -0.3 is 15.5 Å². The third-order valence-electron chi connectivity index (χ3n) is 4.29.